The van der Waals surface area contributed by atoms with Crippen LogP contribution in [-0.4, -0.2) is 6.36 Å². The zero-order valence-corrected chi connectivity index (χ0v) is 9.08. The van der Waals surface area contributed by atoms with Crippen LogP contribution in [0.1, 0.15) is 25.5 Å². The zero-order valence-electron chi connectivity index (χ0n) is 9.08. The monoisotopic (exact) mass is 233 g/mol. The molecule has 0 fully saturated rings. The minimum absolute atomic E-state index is 0.0398. The molecule has 16 heavy (non-hydrogen) atoms. The fourth-order valence-electron chi connectivity index (χ4n) is 1.33. The molecule has 1 aromatic rings. The van der Waals surface area contributed by atoms with Crippen molar-refractivity contribution >= 4 is 0 Å². The standard InChI is InChI=1S/C11H14F3NO/c1-7(2)10(15)8-5-3-4-6-9(8)16-11(12,13)14/h3-7,10H,15H2,1-2H3. The molecule has 1 aromatic carbocycles. The van der Waals surface area contributed by atoms with Crippen LogP contribution < -0.4 is 10.5 Å². The normalized spacial score (nSPS) is 13.9. The van der Waals surface area contributed by atoms with E-state index < -0.39 is 12.4 Å². The Labute approximate surface area is 92.2 Å². The molecule has 0 aliphatic rings. The van der Waals surface area contributed by atoms with Crippen LogP contribution in [0.5, 0.6) is 5.75 Å². The van der Waals surface area contributed by atoms with Crippen LogP contribution in [0.15, 0.2) is 24.3 Å². The van der Waals surface area contributed by atoms with Crippen molar-refractivity contribution in [3.8, 4) is 5.75 Å². The largest absolute Gasteiger partial charge is 0.573 e. The molecule has 1 unspecified atom stereocenters. The average Bonchev–Trinajstić information content (AvgIpc) is 2.15. The van der Waals surface area contributed by atoms with Gasteiger partial charge in [-0.15, -0.1) is 13.2 Å². The van der Waals surface area contributed by atoms with Crippen molar-refractivity contribution in [1.82, 2.24) is 0 Å². The highest BCUT2D eigenvalue weighted by Crippen LogP contribution is 2.31. The van der Waals surface area contributed by atoms with Gasteiger partial charge in [-0.1, -0.05) is 32.0 Å². The Kier molecular flexibility index (Phi) is 3.80. The highest BCUT2D eigenvalue weighted by atomic mass is 19.4. The first kappa shape index (κ1) is 12.8. The van der Waals surface area contributed by atoms with Gasteiger partial charge in [0, 0.05) is 11.6 Å². The molecular weight excluding hydrogens is 219 g/mol. The van der Waals surface area contributed by atoms with Gasteiger partial charge < -0.3 is 10.5 Å². The van der Waals surface area contributed by atoms with Crippen molar-refractivity contribution in [3.63, 3.8) is 0 Å². The minimum atomic E-state index is -4.69. The third kappa shape index (κ3) is 3.41. The van der Waals surface area contributed by atoms with Crippen molar-refractivity contribution < 1.29 is 17.9 Å². The SMILES string of the molecule is CC(C)C(N)c1ccccc1OC(F)(F)F. The number of rotatable bonds is 3. The summed E-state index contributed by atoms with van der Waals surface area (Å²) in [5.41, 5.74) is 6.18. The Morgan fingerprint density at radius 1 is 1.19 bits per heavy atom. The Bertz CT molecular complexity index is 349. The van der Waals surface area contributed by atoms with Gasteiger partial charge in [-0.05, 0) is 12.0 Å². The van der Waals surface area contributed by atoms with Crippen LogP contribution >= 0.6 is 0 Å². The topological polar surface area (TPSA) is 35.2 Å². The van der Waals surface area contributed by atoms with E-state index >= 15 is 0 Å². The molecule has 0 radical (unpaired) electrons. The van der Waals surface area contributed by atoms with Crippen molar-refractivity contribution in [2.75, 3.05) is 0 Å². The van der Waals surface area contributed by atoms with Crippen molar-refractivity contribution in [1.29, 1.82) is 0 Å². The third-order valence-electron chi connectivity index (χ3n) is 2.22. The highest BCUT2D eigenvalue weighted by Gasteiger charge is 2.32. The molecule has 90 valence electrons. The molecule has 0 spiro atoms. The van der Waals surface area contributed by atoms with E-state index in [1.165, 1.54) is 12.1 Å². The Hall–Kier alpha value is -1.23. The maximum atomic E-state index is 12.1. The Balaban J connectivity index is 3.01. The van der Waals surface area contributed by atoms with Gasteiger partial charge in [-0.2, -0.15) is 0 Å². The molecule has 2 N–H and O–H groups in total. The molecule has 0 aromatic heterocycles. The van der Waals surface area contributed by atoms with Crippen molar-refractivity contribution in [2.24, 2.45) is 11.7 Å². The van der Waals surface area contributed by atoms with Crippen LogP contribution in [0.25, 0.3) is 0 Å². The fourth-order valence-corrected chi connectivity index (χ4v) is 1.33. The predicted molar refractivity (Wildman–Crippen MR) is 54.9 cm³/mol. The lowest BCUT2D eigenvalue weighted by molar-refractivity contribution is -0.275. The lowest BCUT2D eigenvalue weighted by Crippen LogP contribution is -2.22. The van der Waals surface area contributed by atoms with Crippen molar-refractivity contribution in [3.05, 3.63) is 29.8 Å². The summed E-state index contributed by atoms with van der Waals surface area (Å²) in [6.07, 6.45) is -4.69. The van der Waals surface area contributed by atoms with E-state index in [2.05, 4.69) is 4.74 Å². The number of benzene rings is 1. The van der Waals surface area contributed by atoms with E-state index in [1.54, 1.807) is 12.1 Å². The van der Waals surface area contributed by atoms with Crippen LogP contribution in [0.4, 0.5) is 13.2 Å². The zero-order chi connectivity index (χ0) is 12.3. The number of nitrogens with two attached hydrogens (primary N) is 1. The number of para-hydroxylation sites is 1. The van der Waals surface area contributed by atoms with Gasteiger partial charge in [-0.25, -0.2) is 0 Å². The summed E-state index contributed by atoms with van der Waals surface area (Å²) in [5.74, 6) is -0.186. The van der Waals surface area contributed by atoms with Gasteiger partial charge in [0.1, 0.15) is 5.75 Å². The number of alkyl halides is 3. The van der Waals surface area contributed by atoms with E-state index in [9.17, 15) is 13.2 Å². The number of ether oxygens (including phenoxy) is 1. The van der Waals surface area contributed by atoms with Gasteiger partial charge in [0.05, 0.1) is 0 Å². The second kappa shape index (κ2) is 4.74. The number of hydrogen-bond acceptors (Lipinski definition) is 2. The lowest BCUT2D eigenvalue weighted by atomic mass is 9.96. The second-order valence-electron chi connectivity index (χ2n) is 3.86. The molecule has 1 rings (SSSR count). The maximum Gasteiger partial charge on any atom is 0.573 e. The average molecular weight is 233 g/mol. The predicted octanol–water partition coefficient (Wildman–Crippen LogP) is 3.24. The summed E-state index contributed by atoms with van der Waals surface area (Å²) in [5, 5.41) is 0. The van der Waals surface area contributed by atoms with Gasteiger partial charge in [-0.3, -0.25) is 0 Å². The van der Waals surface area contributed by atoms with E-state index in [0.717, 1.165) is 0 Å². The first-order valence-electron chi connectivity index (χ1n) is 4.91. The van der Waals surface area contributed by atoms with E-state index in [4.69, 9.17) is 5.73 Å². The van der Waals surface area contributed by atoms with Gasteiger partial charge in [0.25, 0.3) is 0 Å². The molecule has 1 atom stereocenters. The lowest BCUT2D eigenvalue weighted by Gasteiger charge is -2.20. The van der Waals surface area contributed by atoms with Crippen LogP contribution in [0.3, 0.4) is 0 Å². The highest BCUT2D eigenvalue weighted by molar-refractivity contribution is 5.36. The van der Waals surface area contributed by atoms with E-state index in [-0.39, 0.29) is 11.7 Å². The minimum Gasteiger partial charge on any atom is -0.405 e. The molecular formula is C11H14F3NO. The van der Waals surface area contributed by atoms with Crippen LogP contribution in [-0.2, 0) is 0 Å². The number of halogens is 3. The Morgan fingerprint density at radius 3 is 2.25 bits per heavy atom. The first-order valence-corrected chi connectivity index (χ1v) is 4.91. The summed E-state index contributed by atoms with van der Waals surface area (Å²) in [6, 6.07) is 5.47. The smallest absolute Gasteiger partial charge is 0.405 e. The summed E-state index contributed by atoms with van der Waals surface area (Å²) in [7, 11) is 0. The molecule has 0 bridgehead atoms. The third-order valence-corrected chi connectivity index (χ3v) is 2.22. The second-order valence-corrected chi connectivity index (χ2v) is 3.86. The molecule has 2 nitrogen and oxygen atoms in total. The van der Waals surface area contributed by atoms with Gasteiger partial charge in [0.15, 0.2) is 0 Å². The summed E-state index contributed by atoms with van der Waals surface area (Å²) >= 11 is 0. The van der Waals surface area contributed by atoms with Gasteiger partial charge in [0.2, 0.25) is 0 Å². The first-order chi connectivity index (χ1) is 7.31. The summed E-state index contributed by atoms with van der Waals surface area (Å²) in [6.45, 7) is 3.68. The molecule has 0 saturated carbocycles. The summed E-state index contributed by atoms with van der Waals surface area (Å²) in [4.78, 5) is 0. The molecule has 0 aliphatic heterocycles. The quantitative estimate of drug-likeness (QED) is 0.869. The van der Waals surface area contributed by atoms with Crippen LogP contribution in [0, 0.1) is 5.92 Å². The van der Waals surface area contributed by atoms with E-state index in [0.29, 0.717) is 5.56 Å². The molecule has 0 heterocycles. The van der Waals surface area contributed by atoms with Crippen molar-refractivity contribution in [2.45, 2.75) is 26.3 Å². The maximum absolute atomic E-state index is 12.1. The molecule has 0 amide bonds. The van der Waals surface area contributed by atoms with Gasteiger partial charge >= 0.3 is 6.36 Å². The van der Waals surface area contributed by atoms with Crippen LogP contribution in [0.2, 0.25) is 0 Å². The summed E-state index contributed by atoms with van der Waals surface area (Å²) < 4.78 is 40.3. The van der Waals surface area contributed by atoms with E-state index in [1.807, 2.05) is 13.8 Å². The Morgan fingerprint density at radius 2 is 1.75 bits per heavy atom. The molecule has 0 saturated heterocycles. The fraction of sp³-hybridized carbons (Fsp3) is 0.455. The molecule has 5 heteroatoms. The molecule has 0 aliphatic carbocycles. The number of hydrogen-bond donors (Lipinski definition) is 1.